The first-order valence-electron chi connectivity index (χ1n) is 7.37. The van der Waals surface area contributed by atoms with Crippen molar-refractivity contribution in [1.82, 2.24) is 19.6 Å². The lowest BCUT2D eigenvalue weighted by molar-refractivity contribution is 0.101. The number of aromatic nitrogens is 4. The molecule has 6 nitrogen and oxygen atoms in total. The Hall–Kier alpha value is -2.67. The van der Waals surface area contributed by atoms with Gasteiger partial charge in [0.2, 0.25) is 0 Å². The lowest BCUT2D eigenvalue weighted by Crippen LogP contribution is -2.18. The van der Waals surface area contributed by atoms with Crippen LogP contribution in [0.15, 0.2) is 42.7 Å². The van der Waals surface area contributed by atoms with Crippen LogP contribution in [0.3, 0.4) is 0 Å². The molecule has 0 spiro atoms. The molecule has 0 unspecified atom stereocenters. The van der Waals surface area contributed by atoms with E-state index in [0.29, 0.717) is 29.6 Å². The second-order valence-electron chi connectivity index (χ2n) is 5.14. The molecule has 2 heterocycles. The molecule has 0 fully saturated rings. The highest BCUT2D eigenvalue weighted by Gasteiger charge is 2.17. The second-order valence-corrected chi connectivity index (χ2v) is 5.54. The molecule has 8 heteroatoms. The number of nitrogens with zero attached hydrogens (tertiary/aromatic N) is 4. The molecule has 0 aliphatic heterocycles. The molecule has 1 aromatic carbocycles. The van der Waals surface area contributed by atoms with E-state index in [9.17, 15) is 9.18 Å². The van der Waals surface area contributed by atoms with Gasteiger partial charge in [-0.2, -0.15) is 10.2 Å². The van der Waals surface area contributed by atoms with Crippen molar-refractivity contribution in [3.05, 3.63) is 64.8 Å². The number of nitrogens with one attached hydrogen (secondary N) is 1. The minimum Gasteiger partial charge on any atom is -0.304 e. The van der Waals surface area contributed by atoms with Gasteiger partial charge < -0.3 is 5.32 Å². The highest BCUT2D eigenvalue weighted by Crippen LogP contribution is 2.17. The average molecular weight is 348 g/mol. The molecule has 0 atom stereocenters. The van der Waals surface area contributed by atoms with Gasteiger partial charge in [0.15, 0.2) is 5.82 Å². The molecule has 24 heavy (non-hydrogen) atoms. The highest BCUT2D eigenvalue weighted by molar-refractivity contribution is 6.34. The number of hydrogen-bond acceptors (Lipinski definition) is 3. The molecule has 2 aromatic heterocycles. The van der Waals surface area contributed by atoms with E-state index in [-0.39, 0.29) is 11.7 Å². The minimum absolute atomic E-state index is 0.281. The quantitative estimate of drug-likeness (QED) is 0.770. The number of anilines is 1. The van der Waals surface area contributed by atoms with Gasteiger partial charge in [0.05, 0.1) is 17.8 Å². The molecule has 0 radical (unpaired) electrons. The zero-order valence-electron chi connectivity index (χ0n) is 12.9. The van der Waals surface area contributed by atoms with Gasteiger partial charge in [0.1, 0.15) is 11.5 Å². The Bertz CT molecular complexity index is 856. The van der Waals surface area contributed by atoms with Gasteiger partial charge in [-0.05, 0) is 24.6 Å². The maximum Gasteiger partial charge on any atom is 0.276 e. The summed E-state index contributed by atoms with van der Waals surface area (Å²) in [5.41, 5.74) is 1.21. The molecule has 0 bridgehead atoms. The summed E-state index contributed by atoms with van der Waals surface area (Å²) in [5.74, 6) is -0.245. The third-order valence-corrected chi connectivity index (χ3v) is 3.73. The predicted molar refractivity (Wildman–Crippen MR) is 88.6 cm³/mol. The topological polar surface area (TPSA) is 64.7 Å². The van der Waals surface area contributed by atoms with Crippen LogP contribution in [-0.4, -0.2) is 25.5 Å². The Morgan fingerprint density at radius 2 is 2.04 bits per heavy atom. The van der Waals surface area contributed by atoms with Gasteiger partial charge in [0, 0.05) is 18.8 Å². The largest absolute Gasteiger partial charge is 0.304 e. The van der Waals surface area contributed by atoms with Gasteiger partial charge in [-0.3, -0.25) is 14.2 Å². The van der Waals surface area contributed by atoms with Crippen molar-refractivity contribution >= 4 is 23.3 Å². The van der Waals surface area contributed by atoms with Crippen molar-refractivity contribution in [2.75, 3.05) is 5.32 Å². The van der Waals surface area contributed by atoms with Crippen LogP contribution in [0, 0.1) is 5.82 Å². The van der Waals surface area contributed by atoms with Crippen molar-refractivity contribution in [2.45, 2.75) is 20.0 Å². The summed E-state index contributed by atoms with van der Waals surface area (Å²) >= 11 is 6.01. The number of aryl methyl sites for hydroxylation is 1. The monoisotopic (exact) mass is 347 g/mol. The molecule has 0 saturated heterocycles. The molecule has 1 N–H and O–H groups in total. The number of rotatable bonds is 5. The van der Waals surface area contributed by atoms with Crippen LogP contribution in [0.5, 0.6) is 0 Å². The Kier molecular flexibility index (Phi) is 4.61. The van der Waals surface area contributed by atoms with Gasteiger partial charge in [-0.25, -0.2) is 4.39 Å². The van der Waals surface area contributed by atoms with Gasteiger partial charge in [-0.1, -0.05) is 23.7 Å². The summed E-state index contributed by atoms with van der Waals surface area (Å²) < 4.78 is 16.1. The minimum atomic E-state index is -0.369. The number of hydrogen-bond donors (Lipinski definition) is 1. The van der Waals surface area contributed by atoms with E-state index in [1.807, 2.05) is 6.92 Å². The summed E-state index contributed by atoms with van der Waals surface area (Å²) in [6, 6.07) is 7.86. The molecule has 0 aliphatic rings. The highest BCUT2D eigenvalue weighted by atomic mass is 35.5. The standard InChI is InChI=1S/C16H15ClFN5O/c1-2-23-15(13(17)9-19-23)16(24)20-14-7-8-22(21-14)10-11-3-5-12(18)6-4-11/h3-9H,2,10H2,1H3,(H,20,21,24). The summed E-state index contributed by atoms with van der Waals surface area (Å²) in [6.45, 7) is 2.88. The zero-order chi connectivity index (χ0) is 17.1. The lowest BCUT2D eigenvalue weighted by Gasteiger charge is -2.05. The first-order chi connectivity index (χ1) is 11.6. The molecular formula is C16H15ClFN5O. The fourth-order valence-corrected chi connectivity index (χ4v) is 2.52. The van der Waals surface area contributed by atoms with Crippen LogP contribution in [0.2, 0.25) is 5.02 Å². The van der Waals surface area contributed by atoms with Crippen molar-refractivity contribution < 1.29 is 9.18 Å². The third-order valence-electron chi connectivity index (χ3n) is 3.45. The number of carbonyl (C=O) groups is 1. The molecular weight excluding hydrogens is 333 g/mol. The van der Waals surface area contributed by atoms with Crippen molar-refractivity contribution in [3.8, 4) is 0 Å². The van der Waals surface area contributed by atoms with E-state index in [2.05, 4.69) is 15.5 Å². The van der Waals surface area contributed by atoms with Crippen LogP contribution >= 0.6 is 11.6 Å². The van der Waals surface area contributed by atoms with Crippen LogP contribution in [0.25, 0.3) is 0 Å². The van der Waals surface area contributed by atoms with E-state index in [0.717, 1.165) is 5.56 Å². The van der Waals surface area contributed by atoms with Crippen LogP contribution in [0.1, 0.15) is 23.0 Å². The predicted octanol–water partition coefficient (Wildman–Crippen LogP) is 3.19. The van der Waals surface area contributed by atoms with Gasteiger partial charge in [0.25, 0.3) is 5.91 Å². The van der Waals surface area contributed by atoms with Gasteiger partial charge in [-0.15, -0.1) is 0 Å². The summed E-state index contributed by atoms with van der Waals surface area (Å²) in [5, 5.41) is 11.3. The number of benzene rings is 1. The third kappa shape index (κ3) is 3.46. The fourth-order valence-electron chi connectivity index (χ4n) is 2.30. The normalized spacial score (nSPS) is 10.8. The van der Waals surface area contributed by atoms with Crippen LogP contribution in [0.4, 0.5) is 10.2 Å². The number of amides is 1. The zero-order valence-corrected chi connectivity index (χ0v) is 13.7. The summed E-state index contributed by atoms with van der Waals surface area (Å²) in [7, 11) is 0. The smallest absolute Gasteiger partial charge is 0.276 e. The maximum absolute atomic E-state index is 12.9. The molecule has 3 rings (SSSR count). The van der Waals surface area contributed by atoms with Crippen molar-refractivity contribution in [3.63, 3.8) is 0 Å². The molecule has 124 valence electrons. The molecule has 0 saturated carbocycles. The van der Waals surface area contributed by atoms with E-state index in [1.165, 1.54) is 23.0 Å². The lowest BCUT2D eigenvalue weighted by atomic mass is 10.2. The Morgan fingerprint density at radius 1 is 1.29 bits per heavy atom. The first-order valence-corrected chi connectivity index (χ1v) is 7.75. The molecule has 1 amide bonds. The SMILES string of the molecule is CCn1ncc(Cl)c1C(=O)Nc1ccn(Cc2ccc(F)cc2)n1. The number of carbonyl (C=O) groups excluding carboxylic acids is 1. The maximum atomic E-state index is 12.9. The second kappa shape index (κ2) is 6.84. The first kappa shape index (κ1) is 16.2. The van der Waals surface area contributed by atoms with Crippen molar-refractivity contribution in [1.29, 1.82) is 0 Å². The molecule has 0 aliphatic carbocycles. The summed E-state index contributed by atoms with van der Waals surface area (Å²) in [6.07, 6.45) is 3.17. The van der Waals surface area contributed by atoms with E-state index in [1.54, 1.807) is 29.1 Å². The van der Waals surface area contributed by atoms with Crippen LogP contribution < -0.4 is 5.32 Å². The molecule has 3 aromatic rings. The Labute approximate surface area is 142 Å². The van der Waals surface area contributed by atoms with Gasteiger partial charge >= 0.3 is 0 Å². The van der Waals surface area contributed by atoms with E-state index in [4.69, 9.17) is 11.6 Å². The summed E-state index contributed by atoms with van der Waals surface area (Å²) in [4.78, 5) is 12.3. The average Bonchev–Trinajstić information content (AvgIpc) is 3.15. The van der Waals surface area contributed by atoms with E-state index >= 15 is 0 Å². The van der Waals surface area contributed by atoms with Crippen LogP contribution in [-0.2, 0) is 13.1 Å². The Balaban J connectivity index is 1.70. The number of halogens is 2. The van der Waals surface area contributed by atoms with Crippen molar-refractivity contribution in [2.24, 2.45) is 0 Å². The van der Waals surface area contributed by atoms with E-state index < -0.39 is 0 Å². The fraction of sp³-hybridized carbons (Fsp3) is 0.188. The Morgan fingerprint density at radius 3 is 2.75 bits per heavy atom.